The maximum Gasteiger partial charge on any atom is 0.167 e. The molecule has 2 nitrogen and oxygen atoms in total. The van der Waals surface area contributed by atoms with E-state index in [0.717, 1.165) is 33.0 Å². The maximum absolute atomic E-state index is 12.5. The van der Waals surface area contributed by atoms with Crippen LogP contribution in [0.1, 0.15) is 23.2 Å². The summed E-state index contributed by atoms with van der Waals surface area (Å²) in [6, 6.07) is 6.03. The molecule has 0 N–H and O–H groups in total. The van der Waals surface area contributed by atoms with Crippen molar-refractivity contribution in [2.45, 2.75) is 12.8 Å². The van der Waals surface area contributed by atoms with Crippen LogP contribution in [0, 0.1) is 5.92 Å². The lowest BCUT2D eigenvalue weighted by Gasteiger charge is -2.20. The molecule has 0 spiro atoms. The molecule has 3 rings (SSSR count). The number of ether oxygens (including phenoxy) is 1. The van der Waals surface area contributed by atoms with E-state index in [1.807, 2.05) is 23.6 Å². The third kappa shape index (κ3) is 2.13. The quantitative estimate of drug-likeness (QED) is 0.771. The molecular formula is C14H13BrO2S. The Hall–Kier alpha value is -0.710. The van der Waals surface area contributed by atoms with Gasteiger partial charge in [-0.1, -0.05) is 12.1 Å². The van der Waals surface area contributed by atoms with E-state index in [0.29, 0.717) is 13.2 Å². The zero-order valence-electron chi connectivity index (χ0n) is 9.82. The van der Waals surface area contributed by atoms with Crippen LogP contribution in [-0.2, 0) is 4.74 Å². The number of halogens is 1. The molecule has 1 aromatic carbocycles. The fraction of sp³-hybridized carbons (Fsp3) is 0.357. The number of thiophene rings is 1. The minimum Gasteiger partial charge on any atom is -0.381 e. The monoisotopic (exact) mass is 324 g/mol. The standard InChI is InChI=1S/C14H13BrO2S/c15-12-3-1-2-10-11(8-18-14(10)12)13(16)9-4-6-17-7-5-9/h1-3,8-9H,4-7H2. The summed E-state index contributed by atoms with van der Waals surface area (Å²) in [5.74, 6) is 0.415. The van der Waals surface area contributed by atoms with Gasteiger partial charge >= 0.3 is 0 Å². The first kappa shape index (κ1) is 12.3. The van der Waals surface area contributed by atoms with E-state index in [1.165, 1.54) is 0 Å². The van der Waals surface area contributed by atoms with Crippen molar-refractivity contribution in [2.24, 2.45) is 5.92 Å². The first-order valence-electron chi connectivity index (χ1n) is 6.05. The van der Waals surface area contributed by atoms with Crippen LogP contribution in [0.2, 0.25) is 0 Å². The lowest BCUT2D eigenvalue weighted by atomic mass is 9.91. The average molecular weight is 325 g/mol. The summed E-state index contributed by atoms with van der Waals surface area (Å²) in [5, 5.41) is 3.07. The first-order chi connectivity index (χ1) is 8.77. The lowest BCUT2D eigenvalue weighted by molar-refractivity contribution is 0.0546. The summed E-state index contributed by atoms with van der Waals surface area (Å²) >= 11 is 5.17. The van der Waals surface area contributed by atoms with Gasteiger partial charge in [0.2, 0.25) is 0 Å². The highest BCUT2D eigenvalue weighted by Crippen LogP contribution is 2.34. The van der Waals surface area contributed by atoms with Gasteiger partial charge in [0.1, 0.15) is 0 Å². The Bertz CT molecular complexity index is 584. The zero-order chi connectivity index (χ0) is 12.5. The molecule has 0 amide bonds. The normalized spacial score (nSPS) is 17.2. The second kappa shape index (κ2) is 5.11. The van der Waals surface area contributed by atoms with Gasteiger partial charge in [-0.25, -0.2) is 0 Å². The number of fused-ring (bicyclic) bond motifs is 1. The summed E-state index contributed by atoms with van der Waals surface area (Å²) in [7, 11) is 0. The molecular weight excluding hydrogens is 312 g/mol. The van der Waals surface area contributed by atoms with Crippen molar-refractivity contribution in [3.8, 4) is 0 Å². The molecule has 1 fully saturated rings. The highest BCUT2D eigenvalue weighted by molar-refractivity contribution is 9.10. The van der Waals surface area contributed by atoms with Gasteiger partial charge in [-0.05, 0) is 34.8 Å². The fourth-order valence-electron chi connectivity index (χ4n) is 2.39. The molecule has 0 radical (unpaired) electrons. The summed E-state index contributed by atoms with van der Waals surface area (Å²) in [4.78, 5) is 12.5. The predicted molar refractivity (Wildman–Crippen MR) is 77.4 cm³/mol. The Morgan fingerprint density at radius 2 is 2.11 bits per heavy atom. The van der Waals surface area contributed by atoms with Crippen LogP contribution < -0.4 is 0 Å². The summed E-state index contributed by atoms with van der Waals surface area (Å²) in [6.07, 6.45) is 1.70. The Labute approximate surface area is 118 Å². The molecule has 0 bridgehead atoms. The minimum absolute atomic E-state index is 0.135. The lowest BCUT2D eigenvalue weighted by Crippen LogP contribution is -2.23. The number of carbonyl (C=O) groups is 1. The molecule has 94 valence electrons. The molecule has 1 saturated heterocycles. The van der Waals surface area contributed by atoms with E-state index in [9.17, 15) is 4.79 Å². The van der Waals surface area contributed by atoms with Gasteiger partial charge < -0.3 is 4.74 Å². The van der Waals surface area contributed by atoms with Crippen LogP contribution in [0.25, 0.3) is 10.1 Å². The largest absolute Gasteiger partial charge is 0.381 e. The highest BCUT2D eigenvalue weighted by atomic mass is 79.9. The van der Waals surface area contributed by atoms with Gasteiger partial charge in [0, 0.05) is 44.6 Å². The van der Waals surface area contributed by atoms with Crippen LogP contribution in [0.4, 0.5) is 0 Å². The summed E-state index contributed by atoms with van der Waals surface area (Å²) in [6.45, 7) is 1.42. The fourth-order valence-corrected chi connectivity index (χ4v) is 4.00. The maximum atomic E-state index is 12.5. The number of rotatable bonds is 2. The Morgan fingerprint density at radius 3 is 2.89 bits per heavy atom. The van der Waals surface area contributed by atoms with Crippen LogP contribution in [0.5, 0.6) is 0 Å². The van der Waals surface area contributed by atoms with Crippen molar-refractivity contribution in [3.05, 3.63) is 33.6 Å². The average Bonchev–Trinajstić information content (AvgIpc) is 2.84. The van der Waals surface area contributed by atoms with Crippen LogP contribution in [-0.4, -0.2) is 19.0 Å². The van der Waals surface area contributed by atoms with E-state index in [4.69, 9.17) is 4.74 Å². The van der Waals surface area contributed by atoms with Crippen molar-refractivity contribution in [1.29, 1.82) is 0 Å². The molecule has 4 heteroatoms. The number of carbonyl (C=O) groups excluding carboxylic acids is 1. The van der Waals surface area contributed by atoms with Gasteiger partial charge in [0.25, 0.3) is 0 Å². The molecule has 0 saturated carbocycles. The van der Waals surface area contributed by atoms with E-state index < -0.39 is 0 Å². The van der Waals surface area contributed by atoms with Crippen molar-refractivity contribution in [2.75, 3.05) is 13.2 Å². The molecule has 2 heterocycles. The molecule has 1 aliphatic heterocycles. The number of hydrogen-bond acceptors (Lipinski definition) is 3. The third-order valence-electron chi connectivity index (χ3n) is 3.41. The van der Waals surface area contributed by atoms with Crippen LogP contribution in [0.3, 0.4) is 0 Å². The van der Waals surface area contributed by atoms with Crippen LogP contribution >= 0.6 is 27.3 Å². The highest BCUT2D eigenvalue weighted by Gasteiger charge is 2.25. The van der Waals surface area contributed by atoms with E-state index in [1.54, 1.807) is 11.3 Å². The second-order valence-corrected chi connectivity index (χ2v) is 6.25. The van der Waals surface area contributed by atoms with Gasteiger partial charge in [-0.15, -0.1) is 11.3 Å². The van der Waals surface area contributed by atoms with Gasteiger partial charge in [0.15, 0.2) is 5.78 Å². The first-order valence-corrected chi connectivity index (χ1v) is 7.72. The molecule has 1 aliphatic rings. The van der Waals surface area contributed by atoms with Gasteiger partial charge in [0.05, 0.1) is 0 Å². The van der Waals surface area contributed by atoms with Crippen LogP contribution in [0.15, 0.2) is 28.1 Å². The zero-order valence-corrected chi connectivity index (χ0v) is 12.2. The SMILES string of the molecule is O=C(c1csc2c(Br)cccc12)C1CCOCC1. The molecule has 2 aromatic rings. The number of benzene rings is 1. The molecule has 1 aromatic heterocycles. The van der Waals surface area contributed by atoms with Crippen molar-refractivity contribution in [3.63, 3.8) is 0 Å². The third-order valence-corrected chi connectivity index (χ3v) is 5.36. The second-order valence-electron chi connectivity index (χ2n) is 4.52. The molecule has 0 unspecified atom stereocenters. The predicted octanol–water partition coefficient (Wildman–Crippen LogP) is 4.27. The smallest absolute Gasteiger partial charge is 0.167 e. The van der Waals surface area contributed by atoms with Gasteiger partial charge in [-0.2, -0.15) is 0 Å². The number of Topliss-reactive ketones (excluding diaryl/α,β-unsaturated/α-hetero) is 1. The Balaban J connectivity index is 1.98. The van der Waals surface area contributed by atoms with E-state index in [-0.39, 0.29) is 11.7 Å². The van der Waals surface area contributed by atoms with Crippen molar-refractivity contribution < 1.29 is 9.53 Å². The molecule has 0 atom stereocenters. The number of hydrogen-bond donors (Lipinski definition) is 0. The Kier molecular flexibility index (Phi) is 3.50. The van der Waals surface area contributed by atoms with E-state index >= 15 is 0 Å². The topological polar surface area (TPSA) is 26.3 Å². The summed E-state index contributed by atoms with van der Waals surface area (Å²) in [5.41, 5.74) is 0.878. The molecule has 0 aliphatic carbocycles. The number of ketones is 1. The Morgan fingerprint density at radius 1 is 1.33 bits per heavy atom. The molecule has 18 heavy (non-hydrogen) atoms. The van der Waals surface area contributed by atoms with E-state index in [2.05, 4.69) is 15.9 Å². The minimum atomic E-state index is 0.135. The van der Waals surface area contributed by atoms with Gasteiger partial charge in [-0.3, -0.25) is 4.79 Å². The van der Waals surface area contributed by atoms with Crippen molar-refractivity contribution >= 4 is 43.1 Å². The van der Waals surface area contributed by atoms with Crippen molar-refractivity contribution in [1.82, 2.24) is 0 Å². The summed E-state index contributed by atoms with van der Waals surface area (Å²) < 4.78 is 7.54.